The zero-order valence-corrected chi connectivity index (χ0v) is 15.5. The molecule has 1 N–H and O–H groups in total. The van der Waals surface area contributed by atoms with E-state index in [1.54, 1.807) is 12.1 Å². The molecule has 1 fully saturated rings. The van der Waals surface area contributed by atoms with Gasteiger partial charge in [-0.05, 0) is 48.7 Å². The van der Waals surface area contributed by atoms with E-state index in [9.17, 15) is 8.42 Å². The Hall–Kier alpha value is -0.210. The second-order valence-corrected chi connectivity index (χ2v) is 9.78. The number of nitrogens with zero attached hydrogens (tertiary/aromatic N) is 1. The third kappa shape index (κ3) is 4.16. The van der Waals surface area contributed by atoms with E-state index in [-0.39, 0.29) is 6.04 Å². The molecule has 0 radical (unpaired) electrons. The Morgan fingerprint density at radius 2 is 2.24 bits per heavy atom. The smallest absolute Gasteiger partial charge is 0.245 e. The van der Waals surface area contributed by atoms with Crippen molar-refractivity contribution in [2.75, 3.05) is 6.54 Å². The first-order valence-electron chi connectivity index (χ1n) is 7.00. The Bertz CT molecular complexity index is 606. The Labute approximate surface area is 139 Å². The lowest BCUT2D eigenvalue weighted by Crippen LogP contribution is -2.36. The Morgan fingerprint density at radius 1 is 1.57 bits per heavy atom. The molecule has 0 aromatic carbocycles. The van der Waals surface area contributed by atoms with E-state index in [4.69, 9.17) is 0 Å². The minimum Gasteiger partial charge on any atom is -0.309 e. The molecule has 1 aliphatic rings. The van der Waals surface area contributed by atoms with Crippen LogP contribution in [0.5, 0.6) is 0 Å². The summed E-state index contributed by atoms with van der Waals surface area (Å²) in [5.41, 5.74) is 0. The average molecular weight is 393 g/mol. The zero-order chi connectivity index (χ0) is 15.6. The first kappa shape index (κ1) is 17.1. The largest absolute Gasteiger partial charge is 0.309 e. The van der Waals surface area contributed by atoms with E-state index in [2.05, 4.69) is 27.8 Å². The van der Waals surface area contributed by atoms with Gasteiger partial charge in [-0.1, -0.05) is 6.08 Å². The van der Waals surface area contributed by atoms with E-state index < -0.39 is 10.0 Å². The van der Waals surface area contributed by atoms with Crippen LogP contribution in [0.1, 0.15) is 31.6 Å². The van der Waals surface area contributed by atoms with Crippen molar-refractivity contribution in [3.63, 3.8) is 0 Å². The standard InChI is InChI=1S/C14H21BrN2O2S2/c1-4-7-17(10(2)3)21(18,19)13-8-12(20-14(13)15)9-16-11-5-6-11/h4,8,10-11,16H,1,5-7,9H2,2-3H3. The molecule has 0 aliphatic heterocycles. The normalized spacial score (nSPS) is 15.9. The number of nitrogens with one attached hydrogen (secondary N) is 1. The number of halogens is 1. The highest BCUT2D eigenvalue weighted by Gasteiger charge is 2.30. The lowest BCUT2D eigenvalue weighted by atomic mass is 10.4. The maximum atomic E-state index is 12.8. The molecule has 1 heterocycles. The van der Waals surface area contributed by atoms with E-state index >= 15 is 0 Å². The maximum absolute atomic E-state index is 12.8. The molecule has 0 saturated heterocycles. The molecule has 0 unspecified atom stereocenters. The monoisotopic (exact) mass is 392 g/mol. The summed E-state index contributed by atoms with van der Waals surface area (Å²) < 4.78 is 27.7. The molecular weight excluding hydrogens is 372 g/mol. The zero-order valence-electron chi connectivity index (χ0n) is 12.3. The number of rotatable bonds is 8. The number of hydrogen-bond acceptors (Lipinski definition) is 4. The first-order chi connectivity index (χ1) is 9.86. The number of sulfonamides is 1. The van der Waals surface area contributed by atoms with Gasteiger partial charge in [-0.3, -0.25) is 0 Å². The van der Waals surface area contributed by atoms with Crippen LogP contribution in [0.25, 0.3) is 0 Å². The summed E-state index contributed by atoms with van der Waals surface area (Å²) in [5.74, 6) is 0. The van der Waals surface area contributed by atoms with Crippen molar-refractivity contribution < 1.29 is 8.42 Å². The van der Waals surface area contributed by atoms with Crippen molar-refractivity contribution >= 4 is 37.3 Å². The van der Waals surface area contributed by atoms with Gasteiger partial charge in [-0.15, -0.1) is 17.9 Å². The van der Waals surface area contributed by atoms with Crippen LogP contribution in [0.3, 0.4) is 0 Å². The Morgan fingerprint density at radius 3 is 2.76 bits per heavy atom. The van der Waals surface area contributed by atoms with E-state index in [0.29, 0.717) is 21.3 Å². The fourth-order valence-corrected chi connectivity index (χ4v) is 6.23. The molecule has 0 bridgehead atoms. The van der Waals surface area contributed by atoms with Gasteiger partial charge in [0.15, 0.2) is 0 Å². The van der Waals surface area contributed by atoms with Gasteiger partial charge in [0.25, 0.3) is 0 Å². The van der Waals surface area contributed by atoms with Crippen LogP contribution in [-0.4, -0.2) is 31.4 Å². The quantitative estimate of drug-likeness (QED) is 0.690. The summed E-state index contributed by atoms with van der Waals surface area (Å²) in [6.45, 7) is 8.44. The molecule has 0 atom stereocenters. The highest BCUT2D eigenvalue weighted by molar-refractivity contribution is 9.11. The summed E-state index contributed by atoms with van der Waals surface area (Å²) in [7, 11) is -3.50. The second kappa shape index (κ2) is 6.91. The second-order valence-electron chi connectivity index (χ2n) is 5.46. The molecule has 1 aromatic rings. The molecule has 21 heavy (non-hydrogen) atoms. The van der Waals surface area contributed by atoms with Crippen LogP contribution in [0.15, 0.2) is 27.4 Å². The summed E-state index contributed by atoms with van der Waals surface area (Å²) in [5, 5.41) is 3.41. The highest BCUT2D eigenvalue weighted by atomic mass is 79.9. The predicted molar refractivity (Wildman–Crippen MR) is 91.1 cm³/mol. The third-order valence-electron chi connectivity index (χ3n) is 3.32. The van der Waals surface area contributed by atoms with Crippen LogP contribution < -0.4 is 5.32 Å². The van der Waals surface area contributed by atoms with Crippen molar-refractivity contribution in [3.05, 3.63) is 27.4 Å². The molecule has 4 nitrogen and oxygen atoms in total. The highest BCUT2D eigenvalue weighted by Crippen LogP contribution is 2.34. The summed E-state index contributed by atoms with van der Waals surface area (Å²) >= 11 is 4.88. The lowest BCUT2D eigenvalue weighted by Gasteiger charge is -2.24. The predicted octanol–water partition coefficient (Wildman–Crippen LogP) is 3.35. The van der Waals surface area contributed by atoms with Crippen molar-refractivity contribution in [2.24, 2.45) is 0 Å². The molecule has 1 aromatic heterocycles. The van der Waals surface area contributed by atoms with Crippen molar-refractivity contribution in [1.82, 2.24) is 9.62 Å². The van der Waals surface area contributed by atoms with Gasteiger partial charge in [0.2, 0.25) is 10.0 Å². The third-order valence-corrected chi connectivity index (χ3v) is 7.61. The van der Waals surface area contributed by atoms with Crippen molar-refractivity contribution in [2.45, 2.75) is 50.2 Å². The average Bonchev–Trinajstić information content (AvgIpc) is 3.15. The van der Waals surface area contributed by atoms with Gasteiger partial charge >= 0.3 is 0 Å². The van der Waals surface area contributed by atoms with Crippen LogP contribution in [0, 0.1) is 0 Å². The van der Waals surface area contributed by atoms with Crippen LogP contribution in [-0.2, 0) is 16.6 Å². The fourth-order valence-electron chi connectivity index (χ4n) is 2.03. The van der Waals surface area contributed by atoms with Gasteiger partial charge in [-0.2, -0.15) is 4.31 Å². The van der Waals surface area contributed by atoms with Crippen molar-refractivity contribution in [3.8, 4) is 0 Å². The molecule has 0 amide bonds. The lowest BCUT2D eigenvalue weighted by molar-refractivity contribution is 0.383. The minimum atomic E-state index is -3.50. The van der Waals surface area contributed by atoms with Crippen molar-refractivity contribution in [1.29, 1.82) is 0 Å². The summed E-state index contributed by atoms with van der Waals surface area (Å²) in [6, 6.07) is 2.28. The number of hydrogen-bond donors (Lipinski definition) is 1. The van der Waals surface area contributed by atoms with Crippen LogP contribution >= 0.6 is 27.3 Å². The van der Waals surface area contributed by atoms with Gasteiger partial charge in [0, 0.05) is 30.1 Å². The maximum Gasteiger partial charge on any atom is 0.245 e. The topological polar surface area (TPSA) is 49.4 Å². The van der Waals surface area contributed by atoms with E-state index in [1.807, 2.05) is 13.8 Å². The first-order valence-corrected chi connectivity index (χ1v) is 10.1. The van der Waals surface area contributed by atoms with Crippen LogP contribution in [0.4, 0.5) is 0 Å². The van der Waals surface area contributed by atoms with E-state index in [0.717, 1.165) is 11.4 Å². The van der Waals surface area contributed by atoms with Gasteiger partial charge < -0.3 is 5.32 Å². The SMILES string of the molecule is C=CCN(C(C)C)S(=O)(=O)c1cc(CNC2CC2)sc1Br. The van der Waals surface area contributed by atoms with Crippen LogP contribution in [0.2, 0.25) is 0 Å². The van der Waals surface area contributed by atoms with Gasteiger partial charge in [0.05, 0.1) is 3.79 Å². The Kier molecular flexibility index (Phi) is 5.65. The van der Waals surface area contributed by atoms with Gasteiger partial charge in [0.1, 0.15) is 4.90 Å². The molecule has 1 saturated carbocycles. The molecular formula is C14H21BrN2O2S2. The molecule has 7 heteroatoms. The number of thiophene rings is 1. The van der Waals surface area contributed by atoms with Gasteiger partial charge in [-0.25, -0.2) is 8.42 Å². The molecule has 0 spiro atoms. The molecule has 1 aliphatic carbocycles. The molecule has 2 rings (SSSR count). The Balaban J connectivity index is 2.23. The summed E-state index contributed by atoms with van der Waals surface area (Å²) in [6.07, 6.45) is 4.06. The summed E-state index contributed by atoms with van der Waals surface area (Å²) in [4.78, 5) is 1.39. The minimum absolute atomic E-state index is 0.104. The fraction of sp³-hybridized carbons (Fsp3) is 0.571. The van der Waals surface area contributed by atoms with E-state index in [1.165, 1.54) is 28.5 Å². The molecule has 118 valence electrons.